The standard InChI is InChI=1S/C13H10Br2N2O/c14-8-1-4-10(5-2-8)18-12-7-9(15)3-6-11(12)13(16)17/h1-7H,(H3,16,17). The lowest BCUT2D eigenvalue weighted by molar-refractivity contribution is 0.481. The number of rotatable bonds is 3. The fraction of sp³-hybridized carbons (Fsp3) is 0. The van der Waals surface area contributed by atoms with Gasteiger partial charge in [0.15, 0.2) is 0 Å². The third-order valence-corrected chi connectivity index (χ3v) is 3.30. The molecule has 2 aromatic carbocycles. The Morgan fingerprint density at radius 1 is 1.00 bits per heavy atom. The number of benzene rings is 2. The van der Waals surface area contributed by atoms with E-state index in [9.17, 15) is 0 Å². The number of hydrogen-bond donors (Lipinski definition) is 2. The topological polar surface area (TPSA) is 59.1 Å². The molecule has 3 N–H and O–H groups in total. The Morgan fingerprint density at radius 2 is 1.61 bits per heavy atom. The lowest BCUT2D eigenvalue weighted by Gasteiger charge is -2.10. The summed E-state index contributed by atoms with van der Waals surface area (Å²) in [7, 11) is 0. The van der Waals surface area contributed by atoms with Gasteiger partial charge in [0.05, 0.1) is 5.56 Å². The molecule has 0 saturated heterocycles. The number of ether oxygens (including phenoxy) is 1. The first-order valence-electron chi connectivity index (χ1n) is 5.13. The smallest absolute Gasteiger partial charge is 0.139 e. The first-order valence-corrected chi connectivity index (χ1v) is 6.72. The molecule has 0 heterocycles. The van der Waals surface area contributed by atoms with E-state index in [2.05, 4.69) is 31.9 Å². The summed E-state index contributed by atoms with van der Waals surface area (Å²) < 4.78 is 7.59. The van der Waals surface area contributed by atoms with Crippen molar-refractivity contribution in [3.8, 4) is 11.5 Å². The molecular formula is C13H10Br2N2O. The van der Waals surface area contributed by atoms with Crippen molar-refractivity contribution in [2.45, 2.75) is 0 Å². The third-order valence-electron chi connectivity index (χ3n) is 2.28. The van der Waals surface area contributed by atoms with E-state index >= 15 is 0 Å². The maximum absolute atomic E-state index is 7.52. The molecule has 0 bridgehead atoms. The molecule has 0 amide bonds. The van der Waals surface area contributed by atoms with Crippen LogP contribution in [-0.4, -0.2) is 5.84 Å². The minimum absolute atomic E-state index is 0.0189. The van der Waals surface area contributed by atoms with Crippen molar-refractivity contribution in [2.75, 3.05) is 0 Å². The van der Waals surface area contributed by atoms with Crippen molar-refractivity contribution >= 4 is 37.7 Å². The average molecular weight is 370 g/mol. The van der Waals surface area contributed by atoms with Gasteiger partial charge >= 0.3 is 0 Å². The molecule has 0 aliphatic rings. The molecule has 0 atom stereocenters. The van der Waals surface area contributed by atoms with Crippen LogP contribution in [0.4, 0.5) is 0 Å². The van der Waals surface area contributed by atoms with Crippen LogP contribution in [0.3, 0.4) is 0 Å². The minimum atomic E-state index is -0.0189. The SMILES string of the molecule is N=C(N)c1ccc(Br)cc1Oc1ccc(Br)cc1. The molecule has 0 spiro atoms. The van der Waals surface area contributed by atoms with E-state index in [1.165, 1.54) is 0 Å². The van der Waals surface area contributed by atoms with Crippen molar-refractivity contribution in [3.63, 3.8) is 0 Å². The van der Waals surface area contributed by atoms with E-state index in [-0.39, 0.29) is 5.84 Å². The Hall–Kier alpha value is -1.33. The molecule has 0 saturated carbocycles. The molecule has 92 valence electrons. The van der Waals surface area contributed by atoms with Crippen LogP contribution in [0.5, 0.6) is 11.5 Å². The maximum Gasteiger partial charge on any atom is 0.139 e. The van der Waals surface area contributed by atoms with Crippen molar-refractivity contribution in [2.24, 2.45) is 5.73 Å². The van der Waals surface area contributed by atoms with E-state index in [1.807, 2.05) is 30.3 Å². The van der Waals surface area contributed by atoms with Gasteiger partial charge < -0.3 is 10.5 Å². The summed E-state index contributed by atoms with van der Waals surface area (Å²) in [6.45, 7) is 0. The van der Waals surface area contributed by atoms with Crippen LogP contribution >= 0.6 is 31.9 Å². The predicted molar refractivity (Wildman–Crippen MR) is 79.4 cm³/mol. The summed E-state index contributed by atoms with van der Waals surface area (Å²) in [6.07, 6.45) is 0. The molecule has 0 aromatic heterocycles. The van der Waals surface area contributed by atoms with E-state index in [1.54, 1.807) is 12.1 Å². The Morgan fingerprint density at radius 3 is 2.22 bits per heavy atom. The molecule has 0 aliphatic heterocycles. The predicted octanol–water partition coefficient (Wildman–Crippen LogP) is 4.29. The molecule has 0 aliphatic carbocycles. The van der Waals surface area contributed by atoms with Crippen molar-refractivity contribution in [1.82, 2.24) is 0 Å². The zero-order valence-corrected chi connectivity index (χ0v) is 12.5. The molecular weight excluding hydrogens is 360 g/mol. The van der Waals surface area contributed by atoms with Crippen molar-refractivity contribution in [1.29, 1.82) is 5.41 Å². The molecule has 2 rings (SSSR count). The summed E-state index contributed by atoms with van der Waals surface area (Å²) in [4.78, 5) is 0. The first-order chi connectivity index (χ1) is 8.56. The van der Waals surface area contributed by atoms with Crippen LogP contribution in [0.2, 0.25) is 0 Å². The second-order valence-electron chi connectivity index (χ2n) is 3.61. The van der Waals surface area contributed by atoms with Crippen LogP contribution in [-0.2, 0) is 0 Å². The van der Waals surface area contributed by atoms with Crippen LogP contribution in [0.25, 0.3) is 0 Å². The molecule has 3 nitrogen and oxygen atoms in total. The summed E-state index contributed by atoms with van der Waals surface area (Å²) in [5.74, 6) is 1.23. The summed E-state index contributed by atoms with van der Waals surface area (Å²) in [5, 5.41) is 7.52. The fourth-order valence-corrected chi connectivity index (χ4v) is 2.04. The highest BCUT2D eigenvalue weighted by molar-refractivity contribution is 9.10. The highest BCUT2D eigenvalue weighted by Gasteiger charge is 2.08. The van der Waals surface area contributed by atoms with Crippen LogP contribution < -0.4 is 10.5 Å². The lowest BCUT2D eigenvalue weighted by atomic mass is 10.2. The molecule has 0 fully saturated rings. The summed E-state index contributed by atoms with van der Waals surface area (Å²) >= 11 is 6.73. The van der Waals surface area contributed by atoms with Crippen molar-refractivity contribution in [3.05, 3.63) is 57.0 Å². The maximum atomic E-state index is 7.52. The monoisotopic (exact) mass is 368 g/mol. The number of halogens is 2. The van der Waals surface area contributed by atoms with Crippen LogP contribution in [0.1, 0.15) is 5.56 Å². The van der Waals surface area contributed by atoms with Gasteiger partial charge in [-0.25, -0.2) is 0 Å². The highest BCUT2D eigenvalue weighted by Crippen LogP contribution is 2.29. The third kappa shape index (κ3) is 3.11. The lowest BCUT2D eigenvalue weighted by Crippen LogP contribution is -2.12. The molecule has 2 aromatic rings. The number of nitrogens with two attached hydrogens (primary N) is 1. The Kier molecular flexibility index (Phi) is 4.04. The summed E-state index contributed by atoms with van der Waals surface area (Å²) in [5.41, 5.74) is 6.09. The van der Waals surface area contributed by atoms with E-state index in [0.29, 0.717) is 17.1 Å². The second-order valence-corrected chi connectivity index (χ2v) is 5.44. The Labute approximate surface area is 122 Å². The molecule has 5 heteroatoms. The van der Waals surface area contributed by atoms with Gasteiger partial charge in [0, 0.05) is 8.95 Å². The number of nitrogens with one attached hydrogen (secondary N) is 1. The quantitative estimate of drug-likeness (QED) is 0.626. The summed E-state index contributed by atoms with van der Waals surface area (Å²) in [6, 6.07) is 12.8. The number of amidine groups is 1. The van der Waals surface area contributed by atoms with Gasteiger partial charge in [0.25, 0.3) is 0 Å². The average Bonchev–Trinajstić information content (AvgIpc) is 2.32. The van der Waals surface area contributed by atoms with Gasteiger partial charge in [-0.05, 0) is 42.5 Å². The Balaban J connectivity index is 2.35. The number of hydrogen-bond acceptors (Lipinski definition) is 2. The fourth-order valence-electron chi connectivity index (χ4n) is 1.43. The van der Waals surface area contributed by atoms with Crippen LogP contribution in [0, 0.1) is 5.41 Å². The number of nitrogen functional groups attached to an aromatic ring is 1. The van der Waals surface area contributed by atoms with Crippen LogP contribution in [0.15, 0.2) is 51.4 Å². The van der Waals surface area contributed by atoms with Gasteiger partial charge in [-0.1, -0.05) is 31.9 Å². The zero-order valence-electron chi connectivity index (χ0n) is 9.28. The first kappa shape index (κ1) is 13.1. The van der Waals surface area contributed by atoms with Gasteiger partial charge in [0.2, 0.25) is 0 Å². The van der Waals surface area contributed by atoms with Gasteiger partial charge in [-0.15, -0.1) is 0 Å². The van der Waals surface area contributed by atoms with E-state index in [4.69, 9.17) is 15.9 Å². The minimum Gasteiger partial charge on any atom is -0.457 e. The van der Waals surface area contributed by atoms with Gasteiger partial charge in [-0.2, -0.15) is 0 Å². The normalized spacial score (nSPS) is 10.1. The molecule has 18 heavy (non-hydrogen) atoms. The van der Waals surface area contributed by atoms with Gasteiger partial charge in [-0.3, -0.25) is 5.41 Å². The highest BCUT2D eigenvalue weighted by atomic mass is 79.9. The molecule has 0 unspecified atom stereocenters. The van der Waals surface area contributed by atoms with Crippen molar-refractivity contribution < 1.29 is 4.74 Å². The zero-order chi connectivity index (χ0) is 13.1. The Bertz CT molecular complexity index is 582. The van der Waals surface area contributed by atoms with E-state index < -0.39 is 0 Å². The largest absolute Gasteiger partial charge is 0.457 e. The van der Waals surface area contributed by atoms with E-state index in [0.717, 1.165) is 8.95 Å². The second kappa shape index (κ2) is 5.54. The molecule has 0 radical (unpaired) electrons. The van der Waals surface area contributed by atoms with Gasteiger partial charge in [0.1, 0.15) is 17.3 Å².